The summed E-state index contributed by atoms with van der Waals surface area (Å²) in [6.45, 7) is 4.47. The van der Waals surface area contributed by atoms with E-state index in [1.54, 1.807) is 0 Å². The summed E-state index contributed by atoms with van der Waals surface area (Å²) in [5, 5.41) is 11.7. The summed E-state index contributed by atoms with van der Waals surface area (Å²) >= 11 is 3.04. The van der Waals surface area contributed by atoms with E-state index in [9.17, 15) is 9.18 Å². The molecule has 1 amide bonds. The van der Waals surface area contributed by atoms with Gasteiger partial charge in [-0.05, 0) is 46.0 Å². The molecular weight excluding hydrogens is 301 g/mol. The maximum atomic E-state index is 13.0. The van der Waals surface area contributed by atoms with Crippen molar-refractivity contribution in [1.29, 1.82) is 0 Å². The molecule has 0 aliphatic heterocycles. The molecule has 3 nitrogen and oxygen atoms in total. The highest BCUT2D eigenvalue weighted by molar-refractivity contribution is 9.10. The van der Waals surface area contributed by atoms with Crippen molar-refractivity contribution in [1.82, 2.24) is 5.32 Å². The first-order valence-electron chi connectivity index (χ1n) is 5.70. The van der Waals surface area contributed by atoms with Crippen LogP contribution in [0.4, 0.5) is 4.39 Å². The first-order chi connectivity index (χ1) is 8.35. The number of hydrogen-bond donors (Lipinski definition) is 2. The first kappa shape index (κ1) is 15.1. The van der Waals surface area contributed by atoms with E-state index in [1.807, 2.05) is 13.8 Å². The van der Waals surface area contributed by atoms with Crippen molar-refractivity contribution in [3.8, 4) is 0 Å². The molecule has 2 N–H and O–H groups in total. The van der Waals surface area contributed by atoms with E-state index in [0.717, 1.165) is 0 Å². The van der Waals surface area contributed by atoms with Crippen molar-refractivity contribution in [2.24, 2.45) is 5.41 Å². The van der Waals surface area contributed by atoms with Crippen LogP contribution in [0.3, 0.4) is 0 Å². The number of aliphatic hydroxyl groups excluding tert-OH is 1. The Morgan fingerprint density at radius 2 is 2.17 bits per heavy atom. The molecule has 1 rings (SSSR count). The lowest BCUT2D eigenvalue weighted by atomic mass is 9.89. The molecule has 0 fully saturated rings. The van der Waals surface area contributed by atoms with Gasteiger partial charge in [-0.15, -0.1) is 0 Å². The van der Waals surface area contributed by atoms with Gasteiger partial charge in [-0.2, -0.15) is 0 Å². The van der Waals surface area contributed by atoms with E-state index in [-0.39, 0.29) is 22.4 Å². The highest BCUT2D eigenvalue weighted by Crippen LogP contribution is 2.19. The Labute approximate surface area is 115 Å². The van der Waals surface area contributed by atoms with Crippen LogP contribution < -0.4 is 5.32 Å². The van der Waals surface area contributed by atoms with Gasteiger partial charge in [-0.25, -0.2) is 4.39 Å². The van der Waals surface area contributed by atoms with Gasteiger partial charge in [0.2, 0.25) is 0 Å². The van der Waals surface area contributed by atoms with Crippen LogP contribution in [0, 0.1) is 11.2 Å². The minimum Gasteiger partial charge on any atom is -0.396 e. The van der Waals surface area contributed by atoms with Gasteiger partial charge in [0.25, 0.3) is 5.91 Å². The zero-order valence-electron chi connectivity index (χ0n) is 10.5. The Bertz CT molecular complexity index is 435. The molecule has 0 heterocycles. The molecule has 1 aromatic rings. The molecular formula is C13H17BrFNO2. The van der Waals surface area contributed by atoms with E-state index in [2.05, 4.69) is 21.2 Å². The topological polar surface area (TPSA) is 49.3 Å². The molecule has 0 saturated carbocycles. The smallest absolute Gasteiger partial charge is 0.251 e. The fraction of sp³-hybridized carbons (Fsp3) is 0.462. The Kier molecular flexibility index (Phi) is 5.28. The summed E-state index contributed by atoms with van der Waals surface area (Å²) in [6, 6.07) is 4.13. The summed E-state index contributed by atoms with van der Waals surface area (Å²) in [4.78, 5) is 11.8. The fourth-order valence-corrected chi connectivity index (χ4v) is 1.83. The van der Waals surface area contributed by atoms with Crippen LogP contribution >= 0.6 is 15.9 Å². The Hall–Kier alpha value is -0.940. The summed E-state index contributed by atoms with van der Waals surface area (Å²) in [6.07, 6.45) is 0.612. The summed E-state index contributed by atoms with van der Waals surface area (Å²) in [7, 11) is 0. The molecule has 0 radical (unpaired) electrons. The zero-order chi connectivity index (χ0) is 13.8. The third-order valence-corrected chi connectivity index (χ3v) is 3.31. The average molecular weight is 318 g/mol. The van der Waals surface area contributed by atoms with Crippen molar-refractivity contribution in [3.05, 3.63) is 34.1 Å². The molecule has 0 bridgehead atoms. The van der Waals surface area contributed by atoms with Crippen molar-refractivity contribution < 1.29 is 14.3 Å². The van der Waals surface area contributed by atoms with Crippen LogP contribution in [0.5, 0.6) is 0 Å². The van der Waals surface area contributed by atoms with Gasteiger partial charge >= 0.3 is 0 Å². The predicted molar refractivity (Wildman–Crippen MR) is 71.9 cm³/mol. The SMILES string of the molecule is CC(C)(CCO)CNC(=O)c1ccc(F)c(Br)c1. The molecule has 0 spiro atoms. The zero-order valence-corrected chi connectivity index (χ0v) is 12.1. The number of nitrogens with one attached hydrogen (secondary N) is 1. The monoisotopic (exact) mass is 317 g/mol. The van der Waals surface area contributed by atoms with Gasteiger partial charge in [0, 0.05) is 18.7 Å². The molecule has 0 saturated heterocycles. The number of aliphatic hydroxyl groups is 1. The standard InChI is InChI=1S/C13H17BrFNO2/c1-13(2,5-6-17)8-16-12(18)9-3-4-11(15)10(14)7-9/h3-4,7,17H,5-6,8H2,1-2H3,(H,16,18). The number of amides is 1. The number of rotatable bonds is 5. The van der Waals surface area contributed by atoms with Gasteiger partial charge in [-0.1, -0.05) is 13.8 Å². The lowest BCUT2D eigenvalue weighted by Gasteiger charge is -2.23. The Balaban J connectivity index is 2.63. The number of halogens is 2. The second kappa shape index (κ2) is 6.29. The maximum absolute atomic E-state index is 13.0. The molecule has 0 unspecified atom stereocenters. The predicted octanol–water partition coefficient (Wildman–Crippen LogP) is 2.73. The average Bonchev–Trinajstić information content (AvgIpc) is 2.30. The van der Waals surface area contributed by atoms with Gasteiger partial charge < -0.3 is 10.4 Å². The fourth-order valence-electron chi connectivity index (χ4n) is 1.45. The summed E-state index contributed by atoms with van der Waals surface area (Å²) in [5.41, 5.74) is 0.241. The van der Waals surface area contributed by atoms with Crippen LogP contribution in [0.15, 0.2) is 22.7 Å². The van der Waals surface area contributed by atoms with Crippen molar-refractivity contribution in [2.75, 3.05) is 13.2 Å². The van der Waals surface area contributed by atoms with Crippen molar-refractivity contribution >= 4 is 21.8 Å². The lowest BCUT2D eigenvalue weighted by molar-refractivity contribution is 0.0928. The van der Waals surface area contributed by atoms with E-state index < -0.39 is 5.82 Å². The van der Waals surface area contributed by atoms with Crippen LogP contribution in [-0.4, -0.2) is 24.2 Å². The van der Waals surface area contributed by atoms with E-state index >= 15 is 0 Å². The van der Waals surface area contributed by atoms with Gasteiger partial charge in [0.15, 0.2) is 0 Å². The van der Waals surface area contributed by atoms with E-state index in [4.69, 9.17) is 5.11 Å². The molecule has 1 aromatic carbocycles. The number of carbonyl (C=O) groups excluding carboxylic acids is 1. The molecule has 18 heavy (non-hydrogen) atoms. The second-order valence-electron chi connectivity index (χ2n) is 4.95. The van der Waals surface area contributed by atoms with Crippen LogP contribution in [0.25, 0.3) is 0 Å². The first-order valence-corrected chi connectivity index (χ1v) is 6.49. The third kappa shape index (κ3) is 4.38. The van der Waals surface area contributed by atoms with Crippen LogP contribution in [0.2, 0.25) is 0 Å². The quantitative estimate of drug-likeness (QED) is 0.877. The summed E-state index contributed by atoms with van der Waals surface area (Å²) in [5.74, 6) is -0.645. The molecule has 0 aromatic heterocycles. The lowest BCUT2D eigenvalue weighted by Crippen LogP contribution is -2.34. The normalized spacial score (nSPS) is 11.4. The minimum absolute atomic E-state index is 0.0883. The van der Waals surface area contributed by atoms with Gasteiger partial charge in [0.1, 0.15) is 5.82 Å². The van der Waals surface area contributed by atoms with E-state index in [1.165, 1.54) is 18.2 Å². The Morgan fingerprint density at radius 3 is 2.72 bits per heavy atom. The van der Waals surface area contributed by atoms with E-state index in [0.29, 0.717) is 18.5 Å². The summed E-state index contributed by atoms with van der Waals surface area (Å²) < 4.78 is 13.3. The largest absolute Gasteiger partial charge is 0.396 e. The van der Waals surface area contributed by atoms with Crippen LogP contribution in [-0.2, 0) is 0 Å². The number of benzene rings is 1. The van der Waals surface area contributed by atoms with Gasteiger partial charge in [0.05, 0.1) is 4.47 Å². The third-order valence-electron chi connectivity index (χ3n) is 2.70. The minimum atomic E-state index is -0.396. The molecule has 5 heteroatoms. The highest BCUT2D eigenvalue weighted by Gasteiger charge is 2.18. The Morgan fingerprint density at radius 1 is 1.50 bits per heavy atom. The number of carbonyl (C=O) groups is 1. The molecule has 0 aliphatic carbocycles. The van der Waals surface area contributed by atoms with Gasteiger partial charge in [-0.3, -0.25) is 4.79 Å². The molecule has 100 valence electrons. The van der Waals surface area contributed by atoms with Crippen LogP contribution in [0.1, 0.15) is 30.6 Å². The number of hydrogen-bond acceptors (Lipinski definition) is 2. The van der Waals surface area contributed by atoms with Crippen molar-refractivity contribution in [2.45, 2.75) is 20.3 Å². The highest BCUT2D eigenvalue weighted by atomic mass is 79.9. The van der Waals surface area contributed by atoms with Crippen molar-refractivity contribution in [3.63, 3.8) is 0 Å². The molecule has 0 atom stereocenters. The maximum Gasteiger partial charge on any atom is 0.251 e. The second-order valence-corrected chi connectivity index (χ2v) is 5.80. The molecule has 0 aliphatic rings.